The first-order chi connectivity index (χ1) is 13.3. The molecule has 4 rings (SSSR count). The second kappa shape index (κ2) is 8.14. The lowest BCUT2D eigenvalue weighted by Gasteiger charge is -2.05. The lowest BCUT2D eigenvalue weighted by Crippen LogP contribution is -2.28. The second-order valence-corrected chi connectivity index (χ2v) is 6.65. The van der Waals surface area contributed by atoms with E-state index in [2.05, 4.69) is 15.4 Å². The molecule has 138 valence electrons. The molecule has 6 nitrogen and oxygen atoms in total. The van der Waals surface area contributed by atoms with Gasteiger partial charge in [-0.1, -0.05) is 48.5 Å². The van der Waals surface area contributed by atoms with E-state index in [1.165, 1.54) is 12.8 Å². The highest BCUT2D eigenvalue weighted by molar-refractivity contribution is 5.91. The van der Waals surface area contributed by atoms with Crippen molar-refractivity contribution in [2.45, 2.75) is 12.8 Å². The standard InChI is InChI=1S/C21H22N4O2/c26-21(22-13-14-27-15-16-11-12-16)19-23-20(17-7-3-1-4-8-17)25(24-19)18-9-5-2-6-10-18/h1-10,16H,11-15H2,(H,22,26). The fraction of sp³-hybridized carbons (Fsp3) is 0.286. The predicted octanol–water partition coefficient (Wildman–Crippen LogP) is 3.09. The number of carbonyl (C=O) groups excluding carboxylic acids is 1. The van der Waals surface area contributed by atoms with Gasteiger partial charge in [0.25, 0.3) is 5.91 Å². The van der Waals surface area contributed by atoms with Crippen LogP contribution < -0.4 is 5.32 Å². The summed E-state index contributed by atoms with van der Waals surface area (Å²) in [5, 5.41) is 7.28. The van der Waals surface area contributed by atoms with Crippen molar-refractivity contribution in [2.75, 3.05) is 19.8 Å². The van der Waals surface area contributed by atoms with Gasteiger partial charge in [-0.15, -0.1) is 5.10 Å². The Morgan fingerprint density at radius 1 is 1.07 bits per heavy atom. The van der Waals surface area contributed by atoms with Gasteiger partial charge in [-0.25, -0.2) is 9.67 Å². The minimum absolute atomic E-state index is 0.153. The number of para-hydroxylation sites is 1. The number of aromatic nitrogens is 3. The smallest absolute Gasteiger partial charge is 0.291 e. The summed E-state index contributed by atoms with van der Waals surface area (Å²) < 4.78 is 7.25. The first kappa shape index (κ1) is 17.4. The van der Waals surface area contributed by atoms with E-state index in [1.54, 1.807) is 4.68 Å². The molecule has 27 heavy (non-hydrogen) atoms. The van der Waals surface area contributed by atoms with Crippen LogP contribution in [0.4, 0.5) is 0 Å². The van der Waals surface area contributed by atoms with E-state index in [9.17, 15) is 4.79 Å². The van der Waals surface area contributed by atoms with Crippen LogP contribution in [0.5, 0.6) is 0 Å². The van der Waals surface area contributed by atoms with E-state index >= 15 is 0 Å². The van der Waals surface area contributed by atoms with Crippen molar-refractivity contribution in [3.63, 3.8) is 0 Å². The van der Waals surface area contributed by atoms with E-state index in [-0.39, 0.29) is 11.7 Å². The Labute approximate surface area is 158 Å². The van der Waals surface area contributed by atoms with Gasteiger partial charge in [0.05, 0.1) is 12.3 Å². The Morgan fingerprint density at radius 3 is 2.48 bits per heavy atom. The number of benzene rings is 2. The minimum Gasteiger partial charge on any atom is -0.379 e. The maximum atomic E-state index is 12.5. The molecule has 3 aromatic rings. The van der Waals surface area contributed by atoms with Gasteiger partial charge in [0.1, 0.15) is 0 Å². The number of hydrogen-bond donors (Lipinski definition) is 1. The van der Waals surface area contributed by atoms with Crippen LogP contribution in [0.1, 0.15) is 23.5 Å². The Bertz CT molecular complexity index is 832. The fourth-order valence-electron chi connectivity index (χ4n) is 2.78. The van der Waals surface area contributed by atoms with E-state index in [4.69, 9.17) is 4.74 Å². The normalized spacial score (nSPS) is 13.5. The molecular weight excluding hydrogens is 340 g/mol. The highest BCUT2D eigenvalue weighted by atomic mass is 16.5. The highest BCUT2D eigenvalue weighted by Crippen LogP contribution is 2.28. The molecule has 1 N–H and O–H groups in total. The van der Waals surface area contributed by atoms with Gasteiger partial charge in [0.2, 0.25) is 5.82 Å². The van der Waals surface area contributed by atoms with Gasteiger partial charge >= 0.3 is 0 Å². The van der Waals surface area contributed by atoms with Gasteiger partial charge in [0, 0.05) is 18.7 Å². The summed E-state index contributed by atoms with van der Waals surface area (Å²) in [6.45, 7) is 1.74. The number of ether oxygens (including phenoxy) is 1. The van der Waals surface area contributed by atoms with Crippen LogP contribution in [0.15, 0.2) is 60.7 Å². The van der Waals surface area contributed by atoms with Crippen molar-refractivity contribution in [3.8, 4) is 17.1 Å². The van der Waals surface area contributed by atoms with Crippen LogP contribution in [0.3, 0.4) is 0 Å². The number of hydrogen-bond acceptors (Lipinski definition) is 4. The zero-order valence-corrected chi connectivity index (χ0v) is 15.0. The summed E-state index contributed by atoms with van der Waals surface area (Å²) in [6.07, 6.45) is 2.52. The van der Waals surface area contributed by atoms with Gasteiger partial charge < -0.3 is 10.1 Å². The van der Waals surface area contributed by atoms with Crippen LogP contribution in [0, 0.1) is 5.92 Å². The maximum Gasteiger partial charge on any atom is 0.291 e. The summed E-state index contributed by atoms with van der Waals surface area (Å²) in [5.41, 5.74) is 1.76. The SMILES string of the molecule is O=C(NCCOCC1CC1)c1nc(-c2ccccc2)n(-c2ccccc2)n1. The van der Waals surface area contributed by atoms with Crippen LogP contribution in [-0.4, -0.2) is 40.4 Å². The molecule has 1 saturated carbocycles. The molecule has 1 fully saturated rings. The van der Waals surface area contributed by atoms with E-state index in [0.29, 0.717) is 19.0 Å². The Kier molecular flexibility index (Phi) is 5.25. The average molecular weight is 362 g/mol. The first-order valence-electron chi connectivity index (χ1n) is 9.25. The molecule has 1 heterocycles. The fourth-order valence-corrected chi connectivity index (χ4v) is 2.78. The first-order valence-corrected chi connectivity index (χ1v) is 9.25. The van der Waals surface area contributed by atoms with Crippen LogP contribution in [-0.2, 0) is 4.74 Å². The summed E-state index contributed by atoms with van der Waals surface area (Å²) >= 11 is 0. The molecule has 0 spiro atoms. The molecule has 1 aliphatic carbocycles. The topological polar surface area (TPSA) is 69.0 Å². The molecule has 6 heteroatoms. The monoisotopic (exact) mass is 362 g/mol. The second-order valence-electron chi connectivity index (χ2n) is 6.65. The van der Waals surface area contributed by atoms with Crippen LogP contribution in [0.2, 0.25) is 0 Å². The van der Waals surface area contributed by atoms with Gasteiger partial charge in [0.15, 0.2) is 5.82 Å². The molecule has 2 aromatic carbocycles. The van der Waals surface area contributed by atoms with Crippen molar-refractivity contribution in [1.82, 2.24) is 20.1 Å². The van der Waals surface area contributed by atoms with Gasteiger partial charge in [-0.3, -0.25) is 4.79 Å². The molecule has 1 aliphatic rings. The predicted molar refractivity (Wildman–Crippen MR) is 103 cm³/mol. The lowest BCUT2D eigenvalue weighted by molar-refractivity contribution is 0.0897. The van der Waals surface area contributed by atoms with Crippen molar-refractivity contribution in [1.29, 1.82) is 0 Å². The minimum atomic E-state index is -0.295. The van der Waals surface area contributed by atoms with Crippen molar-refractivity contribution < 1.29 is 9.53 Å². The molecule has 0 atom stereocenters. The summed E-state index contributed by atoms with van der Waals surface area (Å²) in [4.78, 5) is 17.0. The van der Waals surface area contributed by atoms with Gasteiger partial charge in [-0.2, -0.15) is 0 Å². The maximum absolute atomic E-state index is 12.5. The van der Waals surface area contributed by atoms with Crippen molar-refractivity contribution in [3.05, 3.63) is 66.5 Å². The summed E-state index contributed by atoms with van der Waals surface area (Å²) in [5.74, 6) is 1.21. The number of amides is 1. The molecule has 0 bridgehead atoms. The molecule has 0 radical (unpaired) electrons. The van der Waals surface area contributed by atoms with Crippen LogP contribution >= 0.6 is 0 Å². The zero-order valence-electron chi connectivity index (χ0n) is 15.0. The van der Waals surface area contributed by atoms with E-state index in [1.807, 2.05) is 60.7 Å². The Morgan fingerprint density at radius 2 is 1.78 bits per heavy atom. The highest BCUT2D eigenvalue weighted by Gasteiger charge is 2.21. The molecule has 0 aliphatic heterocycles. The lowest BCUT2D eigenvalue weighted by atomic mass is 10.2. The Hall–Kier alpha value is -2.99. The number of carbonyl (C=O) groups is 1. The molecule has 1 aromatic heterocycles. The Balaban J connectivity index is 1.50. The molecule has 0 unspecified atom stereocenters. The van der Waals surface area contributed by atoms with Crippen LogP contribution in [0.25, 0.3) is 17.1 Å². The molecular formula is C21H22N4O2. The third-order valence-corrected chi connectivity index (χ3v) is 4.43. The van der Waals surface area contributed by atoms with Crippen molar-refractivity contribution >= 4 is 5.91 Å². The number of nitrogens with one attached hydrogen (secondary N) is 1. The largest absolute Gasteiger partial charge is 0.379 e. The number of nitrogens with zero attached hydrogens (tertiary/aromatic N) is 3. The zero-order chi connectivity index (χ0) is 18.5. The third-order valence-electron chi connectivity index (χ3n) is 4.43. The quantitative estimate of drug-likeness (QED) is 0.625. The number of rotatable bonds is 8. The van der Waals surface area contributed by atoms with Gasteiger partial charge in [-0.05, 0) is 30.9 Å². The summed E-state index contributed by atoms with van der Waals surface area (Å²) in [6, 6.07) is 19.4. The summed E-state index contributed by atoms with van der Waals surface area (Å²) in [7, 11) is 0. The average Bonchev–Trinajstić information content (AvgIpc) is 3.44. The molecule has 0 saturated heterocycles. The van der Waals surface area contributed by atoms with E-state index < -0.39 is 0 Å². The van der Waals surface area contributed by atoms with E-state index in [0.717, 1.165) is 23.8 Å². The van der Waals surface area contributed by atoms with Crippen molar-refractivity contribution in [2.24, 2.45) is 5.92 Å². The third kappa shape index (κ3) is 4.41. The molecule has 1 amide bonds.